The molecule has 2 saturated heterocycles. The number of rotatable bonds is 8. The standard InChI is InChI=1S/C29H29Cl3N4O5S/c30-20-4-6-23(7-5-20)36-18-19(12-28(36)37)17-33-29(38)34-26-16-25(42(39,40)35-10-2-1-3-11-35)8-9-27(26)41-24-14-21(31)13-22(32)15-24/h4-9,13-16,19H,1-3,10-12,17-18H2,(H2,33,34,38). The summed E-state index contributed by atoms with van der Waals surface area (Å²) in [6, 6.07) is 15.4. The van der Waals surface area contributed by atoms with Gasteiger partial charge in [-0.2, -0.15) is 4.31 Å². The minimum absolute atomic E-state index is 0.0381. The predicted molar refractivity (Wildman–Crippen MR) is 165 cm³/mol. The fraction of sp³-hybridized carbons (Fsp3) is 0.310. The topological polar surface area (TPSA) is 108 Å². The number of amides is 3. The van der Waals surface area contributed by atoms with Gasteiger partial charge in [-0.1, -0.05) is 41.2 Å². The number of hydrogen-bond acceptors (Lipinski definition) is 5. The maximum absolute atomic E-state index is 13.4. The van der Waals surface area contributed by atoms with Crippen LogP contribution in [0.25, 0.3) is 0 Å². The van der Waals surface area contributed by atoms with E-state index in [0.29, 0.717) is 40.5 Å². The fourth-order valence-corrected chi connectivity index (χ4v) is 7.19. The van der Waals surface area contributed by atoms with Gasteiger partial charge in [0.25, 0.3) is 0 Å². The number of nitrogens with zero attached hydrogens (tertiary/aromatic N) is 2. The molecule has 0 saturated carbocycles. The van der Waals surface area contributed by atoms with Gasteiger partial charge in [0.15, 0.2) is 5.75 Å². The smallest absolute Gasteiger partial charge is 0.319 e. The van der Waals surface area contributed by atoms with Crippen LogP contribution in [0.15, 0.2) is 65.6 Å². The second-order valence-electron chi connectivity index (χ2n) is 10.2. The normalized spacial score (nSPS) is 17.7. The van der Waals surface area contributed by atoms with Crippen molar-refractivity contribution in [1.29, 1.82) is 0 Å². The van der Waals surface area contributed by atoms with E-state index in [1.54, 1.807) is 47.4 Å². The summed E-state index contributed by atoms with van der Waals surface area (Å²) in [5.74, 6) is 0.352. The Kier molecular flexibility index (Phi) is 9.49. The number of nitrogens with one attached hydrogen (secondary N) is 2. The molecule has 1 atom stereocenters. The van der Waals surface area contributed by atoms with E-state index in [1.165, 1.54) is 22.5 Å². The van der Waals surface area contributed by atoms with E-state index in [9.17, 15) is 18.0 Å². The number of anilines is 2. The van der Waals surface area contributed by atoms with Crippen LogP contribution in [0.3, 0.4) is 0 Å². The summed E-state index contributed by atoms with van der Waals surface area (Å²) in [5.41, 5.74) is 0.887. The van der Waals surface area contributed by atoms with E-state index in [4.69, 9.17) is 39.5 Å². The Labute approximate surface area is 259 Å². The number of sulfonamides is 1. The highest BCUT2D eigenvalue weighted by Crippen LogP contribution is 2.35. The van der Waals surface area contributed by atoms with Crippen LogP contribution < -0.4 is 20.3 Å². The second kappa shape index (κ2) is 13.1. The minimum atomic E-state index is -3.78. The van der Waals surface area contributed by atoms with Gasteiger partial charge in [0.1, 0.15) is 5.75 Å². The van der Waals surface area contributed by atoms with Crippen molar-refractivity contribution in [3.8, 4) is 11.5 Å². The molecule has 0 spiro atoms. The molecule has 3 amide bonds. The molecular formula is C29H29Cl3N4O5S. The first kappa shape index (κ1) is 30.4. The van der Waals surface area contributed by atoms with Gasteiger partial charge in [0.05, 0.1) is 10.6 Å². The largest absolute Gasteiger partial charge is 0.455 e. The number of urea groups is 1. The summed E-state index contributed by atoms with van der Waals surface area (Å²) in [7, 11) is -3.78. The minimum Gasteiger partial charge on any atom is -0.455 e. The molecule has 0 radical (unpaired) electrons. The highest BCUT2D eigenvalue weighted by molar-refractivity contribution is 7.89. The molecule has 0 aromatic heterocycles. The molecule has 0 aliphatic carbocycles. The number of ether oxygens (including phenoxy) is 1. The molecule has 1 unspecified atom stereocenters. The summed E-state index contributed by atoms with van der Waals surface area (Å²) in [6.45, 7) is 1.55. The molecular weight excluding hydrogens is 623 g/mol. The molecule has 3 aromatic rings. The van der Waals surface area contributed by atoms with E-state index in [0.717, 1.165) is 24.9 Å². The Morgan fingerprint density at radius 1 is 0.905 bits per heavy atom. The first-order valence-corrected chi connectivity index (χ1v) is 16.0. The zero-order valence-electron chi connectivity index (χ0n) is 22.5. The van der Waals surface area contributed by atoms with Crippen molar-refractivity contribution in [2.24, 2.45) is 5.92 Å². The lowest BCUT2D eigenvalue weighted by Gasteiger charge is -2.26. The van der Waals surface area contributed by atoms with Gasteiger partial charge in [-0.15, -0.1) is 0 Å². The molecule has 2 aliphatic heterocycles. The lowest BCUT2D eigenvalue weighted by atomic mass is 10.1. The first-order valence-electron chi connectivity index (χ1n) is 13.5. The number of carbonyl (C=O) groups is 2. The summed E-state index contributed by atoms with van der Waals surface area (Å²) in [4.78, 5) is 27.3. The van der Waals surface area contributed by atoms with Gasteiger partial charge in [-0.05, 0) is 73.5 Å². The van der Waals surface area contributed by atoms with Gasteiger partial charge in [0.2, 0.25) is 15.9 Å². The lowest BCUT2D eigenvalue weighted by Crippen LogP contribution is -2.36. The van der Waals surface area contributed by atoms with Crippen molar-refractivity contribution in [3.63, 3.8) is 0 Å². The molecule has 2 heterocycles. The van der Waals surface area contributed by atoms with Crippen LogP contribution in [0, 0.1) is 5.92 Å². The van der Waals surface area contributed by atoms with Crippen molar-refractivity contribution >= 4 is 68.1 Å². The summed E-state index contributed by atoms with van der Waals surface area (Å²) in [5, 5.41) is 6.81. The monoisotopic (exact) mass is 650 g/mol. The summed E-state index contributed by atoms with van der Waals surface area (Å²) in [6.07, 6.45) is 2.85. The Morgan fingerprint density at radius 3 is 2.29 bits per heavy atom. The molecule has 2 aliphatic rings. The van der Waals surface area contributed by atoms with Crippen molar-refractivity contribution in [1.82, 2.24) is 9.62 Å². The summed E-state index contributed by atoms with van der Waals surface area (Å²) < 4.78 is 34.1. The number of piperidine rings is 1. The van der Waals surface area contributed by atoms with Crippen LogP contribution in [-0.4, -0.2) is 50.8 Å². The molecule has 2 N–H and O–H groups in total. The van der Waals surface area contributed by atoms with Crippen molar-refractivity contribution < 1.29 is 22.7 Å². The zero-order valence-corrected chi connectivity index (χ0v) is 25.6. The molecule has 2 fully saturated rings. The van der Waals surface area contributed by atoms with Crippen LogP contribution in [0.1, 0.15) is 25.7 Å². The Morgan fingerprint density at radius 2 is 1.60 bits per heavy atom. The number of halogens is 3. The van der Waals surface area contributed by atoms with E-state index in [2.05, 4.69) is 10.6 Å². The quantitative estimate of drug-likeness (QED) is 0.279. The molecule has 3 aromatic carbocycles. The van der Waals surface area contributed by atoms with Gasteiger partial charge in [-0.3, -0.25) is 4.79 Å². The van der Waals surface area contributed by atoms with Gasteiger partial charge >= 0.3 is 6.03 Å². The Hall–Kier alpha value is -3.02. The maximum Gasteiger partial charge on any atom is 0.319 e. The average molecular weight is 652 g/mol. The van der Waals surface area contributed by atoms with Crippen molar-refractivity contribution in [2.45, 2.75) is 30.6 Å². The van der Waals surface area contributed by atoms with Gasteiger partial charge < -0.3 is 20.3 Å². The molecule has 222 valence electrons. The third-order valence-corrected chi connectivity index (χ3v) is 9.69. The molecule has 0 bridgehead atoms. The molecule has 5 rings (SSSR count). The van der Waals surface area contributed by atoms with Crippen molar-refractivity contribution in [3.05, 3.63) is 75.7 Å². The number of benzene rings is 3. The van der Waals surface area contributed by atoms with Crippen LogP contribution in [0.2, 0.25) is 15.1 Å². The van der Waals surface area contributed by atoms with Crippen molar-refractivity contribution in [2.75, 3.05) is 36.4 Å². The van der Waals surface area contributed by atoms with E-state index in [-0.39, 0.29) is 41.1 Å². The first-order chi connectivity index (χ1) is 20.1. The Balaban J connectivity index is 1.32. The molecule has 13 heteroatoms. The average Bonchev–Trinajstić information content (AvgIpc) is 3.33. The van der Waals surface area contributed by atoms with Crippen LogP contribution in [0.5, 0.6) is 11.5 Å². The second-order valence-corrected chi connectivity index (χ2v) is 13.5. The maximum atomic E-state index is 13.4. The third kappa shape index (κ3) is 7.30. The van der Waals surface area contributed by atoms with Gasteiger partial charge in [-0.25, -0.2) is 13.2 Å². The van der Waals surface area contributed by atoms with Crippen LogP contribution >= 0.6 is 34.8 Å². The Bertz CT molecular complexity index is 1560. The zero-order chi connectivity index (χ0) is 29.9. The predicted octanol–water partition coefficient (Wildman–Crippen LogP) is 6.79. The van der Waals surface area contributed by atoms with E-state index < -0.39 is 16.1 Å². The molecule has 9 nitrogen and oxygen atoms in total. The highest BCUT2D eigenvalue weighted by atomic mass is 35.5. The fourth-order valence-electron chi connectivity index (χ4n) is 5.02. The van der Waals surface area contributed by atoms with E-state index in [1.807, 2.05) is 0 Å². The SMILES string of the molecule is O=C(NCC1CC(=O)N(c2ccc(Cl)cc2)C1)Nc1cc(S(=O)(=O)N2CCCCC2)ccc1Oc1cc(Cl)cc(Cl)c1. The lowest BCUT2D eigenvalue weighted by molar-refractivity contribution is -0.117. The highest BCUT2D eigenvalue weighted by Gasteiger charge is 2.31. The molecule has 42 heavy (non-hydrogen) atoms. The number of carbonyl (C=O) groups excluding carboxylic acids is 2. The van der Waals surface area contributed by atoms with Crippen LogP contribution in [-0.2, 0) is 14.8 Å². The third-order valence-electron chi connectivity index (χ3n) is 7.11. The summed E-state index contributed by atoms with van der Waals surface area (Å²) >= 11 is 18.2. The van der Waals surface area contributed by atoms with E-state index >= 15 is 0 Å². The van der Waals surface area contributed by atoms with Crippen LogP contribution in [0.4, 0.5) is 16.2 Å². The number of hydrogen-bond donors (Lipinski definition) is 2. The van der Waals surface area contributed by atoms with Gasteiger partial charge in [0, 0.05) is 59.3 Å².